The van der Waals surface area contributed by atoms with Crippen molar-refractivity contribution in [3.8, 4) is 78.7 Å². The van der Waals surface area contributed by atoms with Crippen LogP contribution in [0.25, 0.3) is 100 Å². The zero-order chi connectivity index (χ0) is 41.6. The van der Waals surface area contributed by atoms with Gasteiger partial charge in [-0.05, 0) is 109 Å². The predicted molar refractivity (Wildman–Crippen MR) is 233 cm³/mol. The van der Waals surface area contributed by atoms with E-state index in [1.165, 1.54) is 10.8 Å². The third-order valence-corrected chi connectivity index (χ3v) is 10.1. The van der Waals surface area contributed by atoms with Crippen LogP contribution in [0.4, 0.5) is 0 Å². The number of nitrogens with zero attached hydrogens (tertiary/aromatic N) is 3. The Balaban J connectivity index is 1.15. The summed E-state index contributed by atoms with van der Waals surface area (Å²) in [7, 11) is 0. The summed E-state index contributed by atoms with van der Waals surface area (Å²) in [5.41, 5.74) is 8.77. The fraction of sp³-hybridized carbons (Fsp3) is 0. The highest BCUT2D eigenvalue weighted by atomic mass is 15.0. The first-order valence-electron chi connectivity index (χ1n) is 21.0. The van der Waals surface area contributed by atoms with Gasteiger partial charge in [0.2, 0.25) is 0 Å². The Kier molecular flexibility index (Phi) is 7.20. The summed E-state index contributed by atoms with van der Waals surface area (Å²) in [6.07, 6.45) is 0. The highest BCUT2D eigenvalue weighted by Crippen LogP contribution is 2.36. The summed E-state index contributed by atoms with van der Waals surface area (Å²) in [5.74, 6) is 1.34. The van der Waals surface area contributed by atoms with Crippen molar-refractivity contribution in [2.45, 2.75) is 0 Å². The van der Waals surface area contributed by atoms with E-state index in [2.05, 4.69) is 97.1 Å². The Labute approximate surface area is 333 Å². The minimum absolute atomic E-state index is 0.100. The molecule has 1 heterocycles. The molecule has 56 heavy (non-hydrogen) atoms. The zero-order valence-electron chi connectivity index (χ0n) is 35.2. The molecule has 0 saturated carbocycles. The van der Waals surface area contributed by atoms with E-state index >= 15 is 0 Å². The summed E-state index contributed by atoms with van der Waals surface area (Å²) >= 11 is 0. The van der Waals surface area contributed by atoms with E-state index in [9.17, 15) is 0 Å². The molecule has 0 bridgehead atoms. The summed E-state index contributed by atoms with van der Waals surface area (Å²) in [6, 6.07) is 59.4. The van der Waals surface area contributed by atoms with Gasteiger partial charge in [-0.1, -0.05) is 170 Å². The standard InChI is InChI=1S/C53H35N3/c1-4-13-36(14-5-1)41-21-12-22-47(32-41)52-54-51(39-18-8-3-9-19-39)55-53(56-52)50-34-48(37-15-6-2-7-16-37)33-49(35-50)46-28-27-44-30-43(25-26-45(44)31-46)42-24-23-38-17-10-11-20-40(38)29-42/h1-35H/i2D,6D,7D,15D,16D. The first-order valence-corrected chi connectivity index (χ1v) is 18.5. The Hall–Kier alpha value is -7.49. The maximum Gasteiger partial charge on any atom is 0.164 e. The van der Waals surface area contributed by atoms with Gasteiger partial charge in [-0.2, -0.15) is 0 Å². The number of rotatable bonds is 7. The van der Waals surface area contributed by atoms with Crippen LogP contribution in [-0.4, -0.2) is 15.0 Å². The van der Waals surface area contributed by atoms with E-state index in [-0.39, 0.29) is 17.6 Å². The molecule has 10 aromatic rings. The molecule has 0 atom stereocenters. The SMILES string of the molecule is [2H]c1c([2H])c([2H])c(-c2cc(-c3ccc4cc(-c5ccc6ccccc6c5)ccc4c3)cc(-c3nc(-c4ccccc4)nc(-c4cccc(-c5ccccc5)c4)n3)c2)c([2H])c1[2H]. The van der Waals surface area contributed by atoms with Crippen LogP contribution < -0.4 is 0 Å². The molecule has 9 aromatic carbocycles. The van der Waals surface area contributed by atoms with Crippen molar-refractivity contribution in [1.82, 2.24) is 15.0 Å². The second kappa shape index (κ2) is 14.4. The van der Waals surface area contributed by atoms with Crippen molar-refractivity contribution in [1.29, 1.82) is 0 Å². The highest BCUT2D eigenvalue weighted by Gasteiger charge is 2.16. The third-order valence-electron chi connectivity index (χ3n) is 10.1. The van der Waals surface area contributed by atoms with Crippen molar-refractivity contribution in [3.63, 3.8) is 0 Å². The fourth-order valence-electron chi connectivity index (χ4n) is 7.25. The molecule has 0 aliphatic heterocycles. The molecule has 0 saturated heterocycles. The molecule has 3 nitrogen and oxygen atoms in total. The largest absolute Gasteiger partial charge is 0.208 e. The summed E-state index contributed by atoms with van der Waals surface area (Å²) in [6.45, 7) is 0. The van der Waals surface area contributed by atoms with E-state index in [1.807, 2.05) is 84.9 Å². The Morgan fingerprint density at radius 1 is 0.250 bits per heavy atom. The molecule has 0 spiro atoms. The van der Waals surface area contributed by atoms with Crippen LogP contribution in [0.5, 0.6) is 0 Å². The van der Waals surface area contributed by atoms with Gasteiger partial charge in [0, 0.05) is 16.7 Å². The van der Waals surface area contributed by atoms with Crippen LogP contribution in [0.1, 0.15) is 6.85 Å². The van der Waals surface area contributed by atoms with Crippen LogP contribution in [0, 0.1) is 0 Å². The molecule has 0 N–H and O–H groups in total. The molecule has 0 aliphatic carbocycles. The van der Waals surface area contributed by atoms with Gasteiger partial charge in [-0.3, -0.25) is 0 Å². The van der Waals surface area contributed by atoms with Crippen molar-refractivity contribution in [2.75, 3.05) is 0 Å². The Morgan fingerprint density at radius 3 is 1.32 bits per heavy atom. The quantitative estimate of drug-likeness (QED) is 0.165. The Bertz CT molecular complexity index is 3290. The normalized spacial score (nSPS) is 12.5. The second-order valence-corrected chi connectivity index (χ2v) is 13.8. The van der Waals surface area contributed by atoms with Gasteiger partial charge in [0.05, 0.1) is 6.85 Å². The molecule has 262 valence electrons. The molecular weight excluding hydrogens is 679 g/mol. The molecule has 1 aromatic heterocycles. The third kappa shape index (κ3) is 6.63. The lowest BCUT2D eigenvalue weighted by Gasteiger charge is -2.13. The van der Waals surface area contributed by atoms with Crippen LogP contribution in [0.15, 0.2) is 212 Å². The van der Waals surface area contributed by atoms with Gasteiger partial charge in [0.15, 0.2) is 17.5 Å². The number of hydrogen-bond acceptors (Lipinski definition) is 3. The molecule has 0 aliphatic rings. The molecule has 0 fully saturated rings. The fourth-order valence-corrected chi connectivity index (χ4v) is 7.25. The first kappa shape index (κ1) is 28.0. The summed E-state index contributed by atoms with van der Waals surface area (Å²) < 4.78 is 43.2. The van der Waals surface area contributed by atoms with E-state index in [1.54, 1.807) is 0 Å². The summed E-state index contributed by atoms with van der Waals surface area (Å²) in [5, 5.41) is 4.49. The van der Waals surface area contributed by atoms with Crippen molar-refractivity contribution in [3.05, 3.63) is 212 Å². The Morgan fingerprint density at radius 2 is 0.661 bits per heavy atom. The maximum atomic E-state index is 8.94. The summed E-state index contributed by atoms with van der Waals surface area (Å²) in [4.78, 5) is 15.1. The first-order chi connectivity index (χ1) is 29.8. The lowest BCUT2D eigenvalue weighted by atomic mass is 9.93. The molecule has 0 unspecified atom stereocenters. The van der Waals surface area contributed by atoms with Crippen LogP contribution in [0.3, 0.4) is 0 Å². The van der Waals surface area contributed by atoms with E-state index in [0.29, 0.717) is 28.6 Å². The lowest BCUT2D eigenvalue weighted by molar-refractivity contribution is 1.07. The average molecular weight is 719 g/mol. The van der Waals surface area contributed by atoms with Crippen molar-refractivity contribution >= 4 is 21.5 Å². The minimum Gasteiger partial charge on any atom is -0.208 e. The van der Waals surface area contributed by atoms with Gasteiger partial charge in [0.1, 0.15) is 0 Å². The predicted octanol–water partition coefficient (Wildman–Crippen LogP) is 13.8. The molecule has 10 rings (SSSR count). The number of fused-ring (bicyclic) bond motifs is 2. The number of aromatic nitrogens is 3. The van der Waals surface area contributed by atoms with Crippen LogP contribution >= 0.6 is 0 Å². The van der Waals surface area contributed by atoms with E-state index < -0.39 is 18.1 Å². The topological polar surface area (TPSA) is 38.7 Å². The molecular formula is C53H35N3. The number of benzene rings is 9. The smallest absolute Gasteiger partial charge is 0.164 e. The van der Waals surface area contributed by atoms with Gasteiger partial charge >= 0.3 is 0 Å². The van der Waals surface area contributed by atoms with E-state index in [4.69, 9.17) is 21.8 Å². The average Bonchev–Trinajstić information content (AvgIpc) is 3.32. The number of hydrogen-bond donors (Lipinski definition) is 0. The van der Waals surface area contributed by atoms with Gasteiger partial charge in [0.25, 0.3) is 0 Å². The minimum atomic E-state index is -0.444. The van der Waals surface area contributed by atoms with Gasteiger partial charge in [-0.25, -0.2) is 15.0 Å². The van der Waals surface area contributed by atoms with Gasteiger partial charge in [-0.15, -0.1) is 0 Å². The maximum absolute atomic E-state index is 8.94. The van der Waals surface area contributed by atoms with Crippen molar-refractivity contribution < 1.29 is 6.85 Å². The second-order valence-electron chi connectivity index (χ2n) is 13.8. The molecule has 3 heteroatoms. The lowest BCUT2D eigenvalue weighted by Crippen LogP contribution is -2.00. The van der Waals surface area contributed by atoms with Crippen LogP contribution in [0.2, 0.25) is 0 Å². The molecule has 0 radical (unpaired) electrons. The molecule has 0 amide bonds. The zero-order valence-corrected chi connectivity index (χ0v) is 30.2. The van der Waals surface area contributed by atoms with Gasteiger partial charge < -0.3 is 0 Å². The van der Waals surface area contributed by atoms with E-state index in [0.717, 1.165) is 55.3 Å². The monoisotopic (exact) mass is 718 g/mol. The highest BCUT2D eigenvalue weighted by molar-refractivity contribution is 5.94. The van der Waals surface area contributed by atoms with Crippen molar-refractivity contribution in [2.24, 2.45) is 0 Å². The van der Waals surface area contributed by atoms with Crippen LogP contribution in [-0.2, 0) is 0 Å².